The monoisotopic (exact) mass is 576 g/mol. The van der Waals surface area contributed by atoms with Crippen molar-refractivity contribution in [1.29, 1.82) is 0 Å². The average Bonchev–Trinajstić information content (AvgIpc) is 3.73. The van der Waals surface area contributed by atoms with Crippen LogP contribution >= 0.6 is 0 Å². The standard InChI is InChI=1S/C26H28F4N8O3/c27-25(28)5-3-15(4-6-25)20(34-23(39)22-21(14-1-2-14)35-41-36-22)18-12-38-19(33-18)7-13(8-32-38)10-37-11-17-16(26(17,29)30)9-31-24(37)40/h7-8,12,14-17,20H,1-6,9-11H2,(H,31,40)(H,34,39)/t16?,17-,20+/m1/s1. The fourth-order valence-electron chi connectivity index (χ4n) is 6.16. The van der Waals surface area contributed by atoms with Gasteiger partial charge in [0.15, 0.2) is 11.3 Å². The third kappa shape index (κ3) is 4.88. The third-order valence-corrected chi connectivity index (χ3v) is 8.84. The number of nitrogens with zero attached hydrogens (tertiary/aromatic N) is 6. The fourth-order valence-corrected chi connectivity index (χ4v) is 6.16. The summed E-state index contributed by atoms with van der Waals surface area (Å²) in [5, 5.41) is 17.6. The van der Waals surface area contributed by atoms with Gasteiger partial charge in [-0.2, -0.15) is 5.10 Å². The van der Waals surface area contributed by atoms with Gasteiger partial charge in [-0.1, -0.05) is 5.16 Å². The lowest BCUT2D eigenvalue weighted by Crippen LogP contribution is -2.40. The van der Waals surface area contributed by atoms with E-state index in [1.54, 1.807) is 12.3 Å². The SMILES string of the molecule is O=C(N[C@H](c1cn2ncc(CN3C[C@@H]4C(CNC3=O)C4(F)F)cc2n1)C1CCC(F)(F)CC1)c1nonc1C1CC1. The largest absolute Gasteiger partial charge is 0.342 e. The molecule has 4 fully saturated rings. The van der Waals surface area contributed by atoms with Gasteiger partial charge in [0, 0.05) is 38.4 Å². The van der Waals surface area contributed by atoms with Crippen molar-refractivity contribution < 1.29 is 31.8 Å². The van der Waals surface area contributed by atoms with Crippen LogP contribution in [0.3, 0.4) is 0 Å². The van der Waals surface area contributed by atoms with Gasteiger partial charge in [0.2, 0.25) is 5.92 Å². The van der Waals surface area contributed by atoms with E-state index in [-0.39, 0.29) is 62.8 Å². The second kappa shape index (κ2) is 9.38. The molecule has 2 N–H and O–H groups in total. The number of fused-ring (bicyclic) bond motifs is 2. The van der Waals surface area contributed by atoms with Crippen molar-refractivity contribution >= 4 is 17.6 Å². The van der Waals surface area contributed by atoms with Gasteiger partial charge in [0.1, 0.15) is 5.69 Å². The normalized spacial score (nSPS) is 26.2. The molecule has 1 aliphatic heterocycles. The van der Waals surface area contributed by atoms with Gasteiger partial charge in [0.25, 0.3) is 11.8 Å². The molecule has 3 saturated carbocycles. The van der Waals surface area contributed by atoms with Crippen molar-refractivity contribution in [3.8, 4) is 0 Å². The lowest BCUT2D eigenvalue weighted by Gasteiger charge is -2.33. The number of carbonyl (C=O) groups excluding carboxylic acids is 2. The van der Waals surface area contributed by atoms with Crippen molar-refractivity contribution in [3.63, 3.8) is 0 Å². The highest BCUT2D eigenvalue weighted by atomic mass is 19.3. The maximum atomic E-state index is 14.0. The van der Waals surface area contributed by atoms with Crippen molar-refractivity contribution in [2.45, 2.75) is 68.9 Å². The van der Waals surface area contributed by atoms with Gasteiger partial charge in [-0.3, -0.25) is 4.79 Å². The maximum absolute atomic E-state index is 14.0. The van der Waals surface area contributed by atoms with E-state index in [1.165, 1.54) is 15.6 Å². The van der Waals surface area contributed by atoms with Crippen LogP contribution in [0.4, 0.5) is 22.4 Å². The van der Waals surface area contributed by atoms with Gasteiger partial charge < -0.3 is 15.5 Å². The number of urea groups is 1. The third-order valence-electron chi connectivity index (χ3n) is 8.84. The molecule has 1 unspecified atom stereocenters. The van der Waals surface area contributed by atoms with E-state index in [4.69, 9.17) is 4.63 Å². The van der Waals surface area contributed by atoms with Gasteiger partial charge in [0.05, 0.1) is 36.0 Å². The van der Waals surface area contributed by atoms with E-state index >= 15 is 0 Å². The van der Waals surface area contributed by atoms with Crippen molar-refractivity contribution in [3.05, 3.63) is 41.1 Å². The zero-order valence-corrected chi connectivity index (χ0v) is 21.9. The molecule has 4 heterocycles. The summed E-state index contributed by atoms with van der Waals surface area (Å²) in [4.78, 5) is 31.7. The minimum atomic E-state index is -2.78. The van der Waals surface area contributed by atoms with E-state index in [9.17, 15) is 27.2 Å². The Kier molecular flexibility index (Phi) is 5.98. The zero-order chi connectivity index (χ0) is 28.5. The number of rotatable bonds is 7. The average molecular weight is 577 g/mol. The molecule has 3 amide bonds. The highest BCUT2D eigenvalue weighted by molar-refractivity contribution is 5.93. The summed E-state index contributed by atoms with van der Waals surface area (Å²) in [7, 11) is 0. The van der Waals surface area contributed by atoms with Crippen LogP contribution in [0, 0.1) is 17.8 Å². The van der Waals surface area contributed by atoms with Gasteiger partial charge >= 0.3 is 6.03 Å². The number of hydrogen-bond donors (Lipinski definition) is 2. The summed E-state index contributed by atoms with van der Waals surface area (Å²) < 4.78 is 62.2. The Balaban J connectivity index is 1.14. The molecule has 4 aliphatic rings. The van der Waals surface area contributed by atoms with E-state index in [2.05, 4.69) is 31.0 Å². The summed E-state index contributed by atoms with van der Waals surface area (Å²) in [6.07, 6.45) is 4.72. The minimum Gasteiger partial charge on any atom is -0.342 e. The molecule has 7 rings (SSSR count). The van der Waals surface area contributed by atoms with E-state index in [1.807, 2.05) is 0 Å². The van der Waals surface area contributed by atoms with Crippen molar-refractivity contribution in [2.24, 2.45) is 17.8 Å². The van der Waals surface area contributed by atoms with Crippen molar-refractivity contribution in [1.82, 2.24) is 40.4 Å². The number of aromatic nitrogens is 5. The molecule has 0 bridgehead atoms. The minimum absolute atomic E-state index is 0.0549. The Bertz CT molecular complexity index is 1490. The Hall–Kier alpha value is -3.78. The number of halogens is 4. The first-order valence-corrected chi connectivity index (χ1v) is 13.8. The molecule has 3 aromatic rings. The summed E-state index contributed by atoms with van der Waals surface area (Å²) in [5.74, 6) is -7.94. The fraction of sp³-hybridized carbons (Fsp3) is 0.615. The second-order valence-corrected chi connectivity index (χ2v) is 11.7. The van der Waals surface area contributed by atoms with E-state index in [0.717, 1.165) is 12.8 Å². The van der Waals surface area contributed by atoms with Gasteiger partial charge in [-0.25, -0.2) is 36.5 Å². The second-order valence-electron chi connectivity index (χ2n) is 11.7. The molecule has 0 aromatic carbocycles. The van der Waals surface area contributed by atoms with Crippen LogP contribution in [-0.2, 0) is 6.54 Å². The number of imidazole rings is 1. The molecule has 41 heavy (non-hydrogen) atoms. The molecule has 0 spiro atoms. The Morgan fingerprint density at radius 1 is 1.15 bits per heavy atom. The molecule has 0 radical (unpaired) electrons. The molecule has 15 heteroatoms. The zero-order valence-electron chi connectivity index (χ0n) is 21.9. The number of nitrogens with one attached hydrogen (secondary N) is 2. The van der Waals surface area contributed by atoms with E-state index < -0.39 is 41.7 Å². The summed E-state index contributed by atoms with van der Waals surface area (Å²) in [6, 6.07) is 0.581. The highest BCUT2D eigenvalue weighted by Crippen LogP contribution is 2.55. The molecular weight excluding hydrogens is 548 g/mol. The number of alkyl halides is 4. The van der Waals surface area contributed by atoms with Gasteiger partial charge in [-0.15, -0.1) is 0 Å². The summed E-state index contributed by atoms with van der Waals surface area (Å²) >= 11 is 0. The van der Waals surface area contributed by atoms with Crippen LogP contribution in [-0.4, -0.2) is 66.7 Å². The first kappa shape index (κ1) is 26.1. The van der Waals surface area contributed by atoms with E-state index in [0.29, 0.717) is 22.6 Å². The molecule has 3 atom stereocenters. The number of carbonyl (C=O) groups is 2. The Morgan fingerprint density at radius 3 is 2.68 bits per heavy atom. The summed E-state index contributed by atoms with van der Waals surface area (Å²) in [5.41, 5.74) is 2.01. The predicted octanol–water partition coefficient (Wildman–Crippen LogP) is 3.69. The Labute approximate surface area is 231 Å². The van der Waals surface area contributed by atoms with Crippen LogP contribution in [0.25, 0.3) is 5.65 Å². The van der Waals surface area contributed by atoms with Crippen LogP contribution in [0.2, 0.25) is 0 Å². The topological polar surface area (TPSA) is 131 Å². The van der Waals surface area contributed by atoms with Crippen LogP contribution in [0.15, 0.2) is 23.1 Å². The smallest absolute Gasteiger partial charge is 0.317 e. The first-order valence-electron chi connectivity index (χ1n) is 13.8. The maximum Gasteiger partial charge on any atom is 0.317 e. The van der Waals surface area contributed by atoms with Gasteiger partial charge in [-0.05, 0) is 48.4 Å². The number of hydrogen-bond acceptors (Lipinski definition) is 7. The molecule has 11 nitrogen and oxygen atoms in total. The lowest BCUT2D eigenvalue weighted by atomic mass is 9.81. The first-order chi connectivity index (χ1) is 19.6. The number of amides is 3. The quantitative estimate of drug-likeness (QED) is 0.410. The van der Waals surface area contributed by atoms with Crippen LogP contribution < -0.4 is 10.6 Å². The summed E-state index contributed by atoms with van der Waals surface area (Å²) in [6.45, 7) is -0.0486. The molecular formula is C26H28F4N8O3. The molecule has 1 saturated heterocycles. The molecule has 3 aliphatic carbocycles. The van der Waals surface area contributed by atoms with Crippen molar-refractivity contribution in [2.75, 3.05) is 13.1 Å². The molecule has 218 valence electrons. The highest BCUT2D eigenvalue weighted by Gasteiger charge is 2.69. The van der Waals surface area contributed by atoms with Crippen LogP contribution in [0.5, 0.6) is 0 Å². The predicted molar refractivity (Wildman–Crippen MR) is 132 cm³/mol. The lowest BCUT2D eigenvalue weighted by molar-refractivity contribution is -0.0495. The molecule has 3 aromatic heterocycles. The van der Waals surface area contributed by atoms with Crippen LogP contribution in [0.1, 0.15) is 77.9 Å². The Morgan fingerprint density at radius 2 is 1.93 bits per heavy atom.